The number of carbonyl (C=O) groups excluding carboxylic acids is 2. The highest BCUT2D eigenvalue weighted by atomic mass is 35.5. The van der Waals surface area contributed by atoms with Crippen molar-refractivity contribution in [3.63, 3.8) is 0 Å². The first-order valence-electron chi connectivity index (χ1n) is 5.97. The van der Waals surface area contributed by atoms with Gasteiger partial charge >= 0.3 is 0 Å². The molecule has 0 aromatic rings. The van der Waals surface area contributed by atoms with E-state index in [-0.39, 0.29) is 36.2 Å². The van der Waals surface area contributed by atoms with Crippen LogP contribution in [0.15, 0.2) is 0 Å². The number of rotatable bonds is 2. The summed E-state index contributed by atoms with van der Waals surface area (Å²) in [6.07, 6.45) is 2.45. The average molecular weight is 262 g/mol. The Morgan fingerprint density at radius 3 is 2.82 bits per heavy atom. The Morgan fingerprint density at radius 2 is 2.24 bits per heavy atom. The van der Waals surface area contributed by atoms with E-state index in [4.69, 9.17) is 0 Å². The molecule has 3 atom stereocenters. The Kier molecular flexibility index (Phi) is 5.21. The van der Waals surface area contributed by atoms with E-state index < -0.39 is 0 Å². The van der Waals surface area contributed by atoms with Gasteiger partial charge in [0.2, 0.25) is 11.8 Å². The van der Waals surface area contributed by atoms with Crippen LogP contribution in [0.4, 0.5) is 0 Å². The van der Waals surface area contributed by atoms with E-state index in [1.165, 1.54) is 0 Å². The summed E-state index contributed by atoms with van der Waals surface area (Å²) in [4.78, 5) is 22.9. The topological polar surface area (TPSA) is 70.2 Å². The molecule has 3 N–H and O–H groups in total. The molecule has 5 nitrogen and oxygen atoms in total. The summed E-state index contributed by atoms with van der Waals surface area (Å²) in [7, 11) is 0. The molecule has 0 aromatic heterocycles. The fraction of sp³-hybridized carbons (Fsp3) is 0.818. The van der Waals surface area contributed by atoms with Crippen molar-refractivity contribution >= 4 is 24.2 Å². The smallest absolute Gasteiger partial charge is 0.225 e. The number of halogens is 1. The molecule has 17 heavy (non-hydrogen) atoms. The minimum Gasteiger partial charge on any atom is -0.355 e. The van der Waals surface area contributed by atoms with Crippen LogP contribution in [-0.4, -0.2) is 37.0 Å². The first-order chi connectivity index (χ1) is 7.66. The minimum absolute atomic E-state index is 0. The second kappa shape index (κ2) is 6.21. The van der Waals surface area contributed by atoms with Gasteiger partial charge in [-0.15, -0.1) is 12.4 Å². The number of nitrogens with one attached hydrogen (secondary N) is 3. The molecule has 6 heteroatoms. The summed E-state index contributed by atoms with van der Waals surface area (Å²) in [5.74, 6) is -0.185. The normalized spacial score (nSPS) is 32.5. The zero-order valence-corrected chi connectivity index (χ0v) is 10.8. The maximum Gasteiger partial charge on any atom is 0.225 e. The molecule has 2 amide bonds. The lowest BCUT2D eigenvalue weighted by Gasteiger charge is -2.31. The molecule has 2 fully saturated rings. The van der Waals surface area contributed by atoms with Gasteiger partial charge in [0, 0.05) is 25.0 Å². The maximum absolute atomic E-state index is 11.9. The third kappa shape index (κ3) is 3.57. The molecule has 0 saturated carbocycles. The number of hydrogen-bond acceptors (Lipinski definition) is 3. The highest BCUT2D eigenvalue weighted by molar-refractivity contribution is 5.89. The first kappa shape index (κ1) is 14.3. The van der Waals surface area contributed by atoms with Crippen LogP contribution in [0.3, 0.4) is 0 Å². The van der Waals surface area contributed by atoms with Gasteiger partial charge in [-0.3, -0.25) is 9.59 Å². The second-order valence-electron chi connectivity index (χ2n) is 4.71. The van der Waals surface area contributed by atoms with Gasteiger partial charge in [0.05, 0.1) is 5.92 Å². The summed E-state index contributed by atoms with van der Waals surface area (Å²) in [6.45, 7) is 3.60. The number of piperidine rings is 1. The summed E-state index contributed by atoms with van der Waals surface area (Å²) in [5.41, 5.74) is 0. The molecule has 0 radical (unpaired) electrons. The van der Waals surface area contributed by atoms with Gasteiger partial charge in [0.25, 0.3) is 0 Å². The van der Waals surface area contributed by atoms with Crippen molar-refractivity contribution in [3.05, 3.63) is 0 Å². The first-order valence-corrected chi connectivity index (χ1v) is 5.97. The minimum atomic E-state index is -0.179. The Bertz CT molecular complexity index is 298. The van der Waals surface area contributed by atoms with Gasteiger partial charge < -0.3 is 16.0 Å². The summed E-state index contributed by atoms with van der Waals surface area (Å²) in [6, 6.07) is 0.528. The third-order valence-electron chi connectivity index (χ3n) is 3.44. The van der Waals surface area contributed by atoms with Crippen LogP contribution in [0.2, 0.25) is 0 Å². The van der Waals surface area contributed by atoms with E-state index in [9.17, 15) is 9.59 Å². The monoisotopic (exact) mass is 261 g/mol. The van der Waals surface area contributed by atoms with E-state index in [0.29, 0.717) is 19.0 Å². The summed E-state index contributed by atoms with van der Waals surface area (Å²) < 4.78 is 0. The average Bonchev–Trinajstić information content (AvgIpc) is 2.68. The predicted molar refractivity (Wildman–Crippen MR) is 67.0 cm³/mol. The largest absolute Gasteiger partial charge is 0.355 e. The molecule has 98 valence electrons. The molecule has 2 aliphatic heterocycles. The van der Waals surface area contributed by atoms with Gasteiger partial charge in [0.1, 0.15) is 0 Å². The molecule has 0 spiro atoms. The number of hydrogen-bond donors (Lipinski definition) is 3. The lowest BCUT2D eigenvalue weighted by atomic mass is 9.98. The number of carbonyl (C=O) groups is 2. The van der Waals surface area contributed by atoms with E-state index in [2.05, 4.69) is 22.9 Å². The molecular formula is C11H20ClN3O2. The zero-order valence-electron chi connectivity index (χ0n) is 9.99. The van der Waals surface area contributed by atoms with Crippen molar-refractivity contribution in [2.24, 2.45) is 5.92 Å². The molecular weight excluding hydrogens is 242 g/mol. The zero-order chi connectivity index (χ0) is 11.5. The van der Waals surface area contributed by atoms with Crippen LogP contribution < -0.4 is 16.0 Å². The van der Waals surface area contributed by atoms with Crippen LogP contribution in [0.25, 0.3) is 0 Å². The van der Waals surface area contributed by atoms with E-state index in [1.807, 2.05) is 0 Å². The van der Waals surface area contributed by atoms with Gasteiger partial charge in [-0.05, 0) is 26.3 Å². The van der Waals surface area contributed by atoms with Gasteiger partial charge in [0.15, 0.2) is 0 Å². The van der Waals surface area contributed by atoms with Crippen LogP contribution >= 0.6 is 12.4 Å². The Labute approximate surface area is 108 Å². The van der Waals surface area contributed by atoms with Crippen LogP contribution in [-0.2, 0) is 9.59 Å². The Balaban J connectivity index is 0.00000144. The lowest BCUT2D eigenvalue weighted by molar-refractivity contribution is -0.127. The predicted octanol–water partition coefficient (Wildman–Crippen LogP) is -0.199. The van der Waals surface area contributed by atoms with Gasteiger partial charge in [-0.25, -0.2) is 0 Å². The quantitative estimate of drug-likeness (QED) is 0.645. The van der Waals surface area contributed by atoms with E-state index >= 15 is 0 Å². The molecule has 2 saturated heterocycles. The van der Waals surface area contributed by atoms with Gasteiger partial charge in [-0.1, -0.05) is 0 Å². The Hall–Kier alpha value is -0.810. The third-order valence-corrected chi connectivity index (χ3v) is 3.44. The standard InChI is InChI=1S/C11H19N3O2.ClH/c1-7-9(3-2-4-12-7)14-11(16)8-5-10(15)13-6-8;/h7-9,12H,2-6H2,1H3,(H,13,15)(H,14,16);1H. The van der Waals surface area contributed by atoms with E-state index in [1.54, 1.807) is 0 Å². The molecule has 3 unspecified atom stereocenters. The SMILES string of the molecule is CC1NCCCC1NC(=O)C1CNC(=O)C1.Cl. The lowest BCUT2D eigenvalue weighted by Crippen LogP contribution is -2.53. The van der Waals surface area contributed by atoms with E-state index in [0.717, 1.165) is 19.4 Å². The van der Waals surface area contributed by atoms with Crippen LogP contribution in [0.5, 0.6) is 0 Å². The molecule has 2 aliphatic rings. The van der Waals surface area contributed by atoms with Crippen LogP contribution in [0.1, 0.15) is 26.2 Å². The fourth-order valence-electron chi connectivity index (χ4n) is 2.33. The second-order valence-corrected chi connectivity index (χ2v) is 4.71. The molecule has 0 aliphatic carbocycles. The fourth-order valence-corrected chi connectivity index (χ4v) is 2.33. The highest BCUT2D eigenvalue weighted by Crippen LogP contribution is 2.12. The maximum atomic E-state index is 11.9. The summed E-state index contributed by atoms with van der Waals surface area (Å²) in [5, 5.41) is 9.06. The summed E-state index contributed by atoms with van der Waals surface area (Å²) >= 11 is 0. The van der Waals surface area contributed by atoms with Crippen molar-refractivity contribution in [3.8, 4) is 0 Å². The van der Waals surface area contributed by atoms with Crippen molar-refractivity contribution in [1.82, 2.24) is 16.0 Å². The Morgan fingerprint density at radius 1 is 1.47 bits per heavy atom. The van der Waals surface area contributed by atoms with Crippen LogP contribution in [0, 0.1) is 5.92 Å². The van der Waals surface area contributed by atoms with Gasteiger partial charge in [-0.2, -0.15) is 0 Å². The highest BCUT2D eigenvalue weighted by Gasteiger charge is 2.30. The number of amides is 2. The van der Waals surface area contributed by atoms with Crippen molar-refractivity contribution in [2.75, 3.05) is 13.1 Å². The van der Waals surface area contributed by atoms with Crippen molar-refractivity contribution in [1.29, 1.82) is 0 Å². The molecule has 2 rings (SSSR count). The molecule has 0 aromatic carbocycles. The van der Waals surface area contributed by atoms with Crippen molar-refractivity contribution < 1.29 is 9.59 Å². The molecule has 0 bridgehead atoms. The van der Waals surface area contributed by atoms with Crippen molar-refractivity contribution in [2.45, 2.75) is 38.3 Å². The molecule has 2 heterocycles.